The quantitative estimate of drug-likeness (QED) is 0.687. The first-order valence-corrected chi connectivity index (χ1v) is 6.13. The van der Waals surface area contributed by atoms with Crippen LogP contribution in [0.1, 0.15) is 57.4 Å². The van der Waals surface area contributed by atoms with Gasteiger partial charge < -0.3 is 5.73 Å². The molecule has 0 radical (unpaired) electrons. The normalized spacial score (nSPS) is 12.7. The molecule has 2 N–H and O–H groups in total. The van der Waals surface area contributed by atoms with Gasteiger partial charge in [0.15, 0.2) is 0 Å². The van der Waals surface area contributed by atoms with E-state index < -0.39 is 0 Å². The Morgan fingerprint density at radius 3 is 2.20 bits per heavy atom. The Kier molecular flexibility index (Phi) is 5.23. The van der Waals surface area contributed by atoms with Gasteiger partial charge >= 0.3 is 0 Å². The second-order valence-electron chi connectivity index (χ2n) is 4.29. The minimum atomic E-state index is 0.732. The lowest BCUT2D eigenvalue weighted by Crippen LogP contribution is -1.99. The summed E-state index contributed by atoms with van der Waals surface area (Å²) in [5.41, 5.74) is 8.02. The molecule has 1 unspecified atom stereocenters. The number of hydrogen-bond acceptors (Lipinski definition) is 1. The Labute approximate surface area is 93.7 Å². The first-order chi connectivity index (χ1) is 7.27. The molecule has 0 amide bonds. The fourth-order valence-electron chi connectivity index (χ4n) is 2.04. The molecule has 1 rings (SSSR count). The molecule has 0 aromatic heterocycles. The molecule has 1 nitrogen and oxygen atoms in total. The van der Waals surface area contributed by atoms with Crippen molar-refractivity contribution in [2.75, 3.05) is 5.73 Å². The first kappa shape index (κ1) is 12.1. The van der Waals surface area contributed by atoms with E-state index in [1.807, 2.05) is 12.1 Å². The zero-order valence-electron chi connectivity index (χ0n) is 10.00. The van der Waals surface area contributed by atoms with Crippen LogP contribution < -0.4 is 5.73 Å². The summed E-state index contributed by atoms with van der Waals surface area (Å²) in [6.45, 7) is 4.52. The Morgan fingerprint density at radius 2 is 1.67 bits per heavy atom. The van der Waals surface area contributed by atoms with Gasteiger partial charge in [0, 0.05) is 5.69 Å². The highest BCUT2D eigenvalue weighted by atomic mass is 14.5. The lowest BCUT2D eigenvalue weighted by atomic mass is 9.90. The lowest BCUT2D eigenvalue weighted by molar-refractivity contribution is 0.541. The molecule has 1 aromatic carbocycles. The third-order valence-corrected chi connectivity index (χ3v) is 2.95. The molecule has 0 saturated heterocycles. The van der Waals surface area contributed by atoms with Crippen molar-refractivity contribution >= 4 is 5.69 Å². The summed E-state index contributed by atoms with van der Waals surface area (Å²) < 4.78 is 0. The van der Waals surface area contributed by atoms with Crippen molar-refractivity contribution in [1.29, 1.82) is 0 Å². The SMILES string of the molecule is CCCCC(CCC)c1ccc(N)cc1. The minimum absolute atomic E-state index is 0.732. The van der Waals surface area contributed by atoms with Crippen LogP contribution in [-0.2, 0) is 0 Å². The van der Waals surface area contributed by atoms with Gasteiger partial charge in [0.05, 0.1) is 0 Å². The molecule has 0 fully saturated rings. The third-order valence-electron chi connectivity index (χ3n) is 2.95. The second-order valence-corrected chi connectivity index (χ2v) is 4.29. The van der Waals surface area contributed by atoms with Crippen molar-refractivity contribution in [2.24, 2.45) is 0 Å². The molecule has 0 aliphatic carbocycles. The van der Waals surface area contributed by atoms with E-state index in [9.17, 15) is 0 Å². The van der Waals surface area contributed by atoms with Gasteiger partial charge in [0.1, 0.15) is 0 Å². The number of benzene rings is 1. The number of hydrogen-bond donors (Lipinski definition) is 1. The van der Waals surface area contributed by atoms with Crippen LogP contribution >= 0.6 is 0 Å². The molecule has 0 spiro atoms. The Hall–Kier alpha value is -0.980. The number of nitrogen functional groups attached to an aromatic ring is 1. The van der Waals surface area contributed by atoms with Gasteiger partial charge in [0.25, 0.3) is 0 Å². The highest BCUT2D eigenvalue weighted by Crippen LogP contribution is 2.27. The molecule has 0 saturated carbocycles. The molecule has 15 heavy (non-hydrogen) atoms. The van der Waals surface area contributed by atoms with E-state index in [-0.39, 0.29) is 0 Å². The van der Waals surface area contributed by atoms with E-state index in [2.05, 4.69) is 26.0 Å². The van der Waals surface area contributed by atoms with Gasteiger partial charge in [-0.2, -0.15) is 0 Å². The Bertz CT molecular complexity index is 263. The fraction of sp³-hybridized carbons (Fsp3) is 0.571. The Morgan fingerprint density at radius 1 is 1.00 bits per heavy atom. The van der Waals surface area contributed by atoms with Crippen LogP contribution in [0.25, 0.3) is 0 Å². The average molecular weight is 205 g/mol. The van der Waals surface area contributed by atoms with Crippen molar-refractivity contribution in [3.8, 4) is 0 Å². The standard InChI is InChI=1S/C14H23N/c1-3-5-7-12(6-4-2)13-8-10-14(15)11-9-13/h8-12H,3-7,15H2,1-2H3. The molecule has 0 heterocycles. The van der Waals surface area contributed by atoms with Gasteiger partial charge in [-0.05, 0) is 36.5 Å². The van der Waals surface area contributed by atoms with Crippen molar-refractivity contribution in [3.63, 3.8) is 0 Å². The predicted molar refractivity (Wildman–Crippen MR) is 68.0 cm³/mol. The molecule has 0 aliphatic heterocycles. The van der Waals surface area contributed by atoms with Crippen LogP contribution in [0.3, 0.4) is 0 Å². The number of anilines is 1. The van der Waals surface area contributed by atoms with E-state index in [0.717, 1.165) is 11.6 Å². The third kappa shape index (κ3) is 3.94. The molecule has 0 aliphatic rings. The fourth-order valence-corrected chi connectivity index (χ4v) is 2.04. The van der Waals surface area contributed by atoms with E-state index in [4.69, 9.17) is 5.73 Å². The summed E-state index contributed by atoms with van der Waals surface area (Å²) in [6.07, 6.45) is 6.49. The monoisotopic (exact) mass is 205 g/mol. The van der Waals surface area contributed by atoms with E-state index in [1.165, 1.54) is 37.7 Å². The molecule has 0 bridgehead atoms. The summed E-state index contributed by atoms with van der Waals surface area (Å²) in [4.78, 5) is 0. The average Bonchev–Trinajstić information content (AvgIpc) is 2.25. The topological polar surface area (TPSA) is 26.0 Å². The summed E-state index contributed by atoms with van der Waals surface area (Å²) in [7, 11) is 0. The van der Waals surface area contributed by atoms with Crippen LogP contribution in [0.15, 0.2) is 24.3 Å². The van der Waals surface area contributed by atoms with E-state index in [1.54, 1.807) is 0 Å². The smallest absolute Gasteiger partial charge is 0.0314 e. The summed E-state index contributed by atoms with van der Waals surface area (Å²) in [6, 6.07) is 8.41. The summed E-state index contributed by atoms with van der Waals surface area (Å²) >= 11 is 0. The maximum Gasteiger partial charge on any atom is 0.0314 e. The van der Waals surface area contributed by atoms with Gasteiger partial charge in [0.2, 0.25) is 0 Å². The zero-order valence-corrected chi connectivity index (χ0v) is 10.00. The van der Waals surface area contributed by atoms with Crippen molar-refractivity contribution < 1.29 is 0 Å². The number of rotatable bonds is 6. The maximum atomic E-state index is 5.70. The molecule has 1 heteroatoms. The maximum absolute atomic E-state index is 5.70. The van der Waals surface area contributed by atoms with Gasteiger partial charge in [-0.15, -0.1) is 0 Å². The predicted octanol–water partition coefficient (Wildman–Crippen LogP) is 4.34. The first-order valence-electron chi connectivity index (χ1n) is 6.13. The van der Waals surface area contributed by atoms with E-state index in [0.29, 0.717) is 0 Å². The van der Waals surface area contributed by atoms with Crippen LogP contribution in [0, 0.1) is 0 Å². The molecule has 1 aromatic rings. The van der Waals surface area contributed by atoms with Gasteiger partial charge in [-0.25, -0.2) is 0 Å². The zero-order chi connectivity index (χ0) is 11.1. The van der Waals surface area contributed by atoms with Crippen molar-refractivity contribution in [3.05, 3.63) is 29.8 Å². The van der Waals surface area contributed by atoms with Crippen LogP contribution in [-0.4, -0.2) is 0 Å². The highest BCUT2D eigenvalue weighted by Gasteiger charge is 2.09. The van der Waals surface area contributed by atoms with Gasteiger partial charge in [-0.3, -0.25) is 0 Å². The van der Waals surface area contributed by atoms with Crippen LogP contribution in [0.2, 0.25) is 0 Å². The molecule has 1 atom stereocenters. The minimum Gasteiger partial charge on any atom is -0.399 e. The van der Waals surface area contributed by atoms with Crippen molar-refractivity contribution in [2.45, 2.75) is 51.9 Å². The summed E-state index contributed by atoms with van der Waals surface area (Å²) in [5.74, 6) is 0.732. The van der Waals surface area contributed by atoms with Crippen LogP contribution in [0.5, 0.6) is 0 Å². The Balaban J connectivity index is 2.65. The largest absolute Gasteiger partial charge is 0.399 e. The highest BCUT2D eigenvalue weighted by molar-refractivity contribution is 5.40. The van der Waals surface area contributed by atoms with Crippen molar-refractivity contribution in [1.82, 2.24) is 0 Å². The molecular formula is C14H23N. The number of unbranched alkanes of at least 4 members (excludes halogenated alkanes) is 1. The number of nitrogens with two attached hydrogens (primary N) is 1. The van der Waals surface area contributed by atoms with E-state index >= 15 is 0 Å². The second kappa shape index (κ2) is 6.49. The van der Waals surface area contributed by atoms with Gasteiger partial charge in [-0.1, -0.05) is 45.2 Å². The molecule has 84 valence electrons. The lowest BCUT2D eigenvalue weighted by Gasteiger charge is -2.16. The molecular weight excluding hydrogens is 182 g/mol. The summed E-state index contributed by atoms with van der Waals surface area (Å²) in [5, 5.41) is 0. The van der Waals surface area contributed by atoms with Crippen LogP contribution in [0.4, 0.5) is 5.69 Å².